The van der Waals surface area contributed by atoms with E-state index >= 15 is 0 Å². The molecule has 1 amide bonds. The third kappa shape index (κ3) is 2.73. The maximum absolute atomic E-state index is 13.2. The second-order valence-corrected chi connectivity index (χ2v) is 6.91. The van der Waals surface area contributed by atoms with Gasteiger partial charge in [-0.1, -0.05) is 60.1 Å². The quantitative estimate of drug-likeness (QED) is 0.704. The number of carbonyl (C=O) groups excluding carboxylic acids is 1. The number of benzene rings is 3. The first kappa shape index (κ1) is 17.4. The predicted molar refractivity (Wildman–Crippen MR) is 105 cm³/mol. The number of rotatable bonds is 3. The fourth-order valence-electron chi connectivity index (χ4n) is 3.72. The van der Waals surface area contributed by atoms with E-state index < -0.39 is 0 Å². The van der Waals surface area contributed by atoms with Crippen LogP contribution in [-0.2, 0) is 0 Å². The lowest BCUT2D eigenvalue weighted by atomic mass is 10.0. The molecule has 0 aromatic heterocycles. The lowest BCUT2D eigenvalue weighted by Crippen LogP contribution is -2.31. The van der Waals surface area contributed by atoms with Gasteiger partial charge in [0, 0.05) is 12.6 Å². The number of ether oxygens (including phenoxy) is 1. The molecule has 3 aromatic rings. The van der Waals surface area contributed by atoms with E-state index in [-0.39, 0.29) is 28.5 Å². The van der Waals surface area contributed by atoms with Crippen LogP contribution in [0.5, 0.6) is 11.5 Å². The van der Waals surface area contributed by atoms with Gasteiger partial charge in [-0.15, -0.1) is 0 Å². The van der Waals surface area contributed by atoms with Gasteiger partial charge in [-0.05, 0) is 34.4 Å². The number of methoxy groups -OCH3 is 1. The van der Waals surface area contributed by atoms with Gasteiger partial charge in [0.25, 0.3) is 5.91 Å². The van der Waals surface area contributed by atoms with E-state index in [1.807, 2.05) is 36.4 Å². The van der Waals surface area contributed by atoms with Crippen LogP contribution in [0.1, 0.15) is 27.5 Å². The van der Waals surface area contributed by atoms with Crippen LogP contribution in [-0.4, -0.2) is 30.1 Å². The van der Waals surface area contributed by atoms with Crippen molar-refractivity contribution in [2.45, 2.75) is 6.04 Å². The maximum Gasteiger partial charge on any atom is 0.254 e. The normalized spacial score (nSPS) is 12.4. The molecular weight excluding hydrogens is 362 g/mol. The predicted octanol–water partition coefficient (Wildman–Crippen LogP) is 4.90. The Morgan fingerprint density at radius 2 is 1.59 bits per heavy atom. The van der Waals surface area contributed by atoms with Gasteiger partial charge in [-0.2, -0.15) is 0 Å². The van der Waals surface area contributed by atoms with Crippen LogP contribution < -0.4 is 4.74 Å². The van der Waals surface area contributed by atoms with Crippen LogP contribution in [0.3, 0.4) is 0 Å². The molecule has 0 unspecified atom stereocenters. The Morgan fingerprint density at radius 3 is 2.15 bits per heavy atom. The van der Waals surface area contributed by atoms with Crippen LogP contribution >= 0.6 is 11.6 Å². The second-order valence-electron chi connectivity index (χ2n) is 6.50. The molecule has 136 valence electrons. The Labute approximate surface area is 162 Å². The summed E-state index contributed by atoms with van der Waals surface area (Å²) in [5.74, 6) is -0.201. The summed E-state index contributed by atoms with van der Waals surface area (Å²) in [6.07, 6.45) is 0. The third-order valence-corrected chi connectivity index (χ3v) is 5.29. The number of hydrogen-bond donors (Lipinski definition) is 1. The Morgan fingerprint density at radius 1 is 1.04 bits per heavy atom. The Hall–Kier alpha value is -2.98. The number of phenolic OH excluding ortho intramolecular Hbond substituents is 1. The summed E-state index contributed by atoms with van der Waals surface area (Å²) in [5.41, 5.74) is 4.81. The van der Waals surface area contributed by atoms with E-state index in [0.29, 0.717) is 5.56 Å². The maximum atomic E-state index is 13.2. The van der Waals surface area contributed by atoms with Gasteiger partial charge in [0.2, 0.25) is 0 Å². The van der Waals surface area contributed by atoms with E-state index in [1.54, 1.807) is 11.9 Å². The van der Waals surface area contributed by atoms with Crippen LogP contribution in [0, 0.1) is 0 Å². The second kappa shape index (κ2) is 6.63. The first-order valence-electron chi connectivity index (χ1n) is 8.54. The summed E-state index contributed by atoms with van der Waals surface area (Å²) in [6.45, 7) is 0. The van der Waals surface area contributed by atoms with Gasteiger partial charge in [-0.3, -0.25) is 4.79 Å². The first-order valence-corrected chi connectivity index (χ1v) is 8.92. The van der Waals surface area contributed by atoms with Gasteiger partial charge < -0.3 is 14.7 Å². The number of nitrogens with zero attached hydrogens (tertiary/aromatic N) is 1. The molecule has 0 aliphatic heterocycles. The molecular formula is C22H18ClNO3. The van der Waals surface area contributed by atoms with Gasteiger partial charge in [0.1, 0.15) is 0 Å². The molecule has 5 heteroatoms. The number of halogens is 1. The Balaban J connectivity index is 1.78. The zero-order valence-corrected chi connectivity index (χ0v) is 15.7. The van der Waals surface area contributed by atoms with E-state index in [9.17, 15) is 9.90 Å². The lowest BCUT2D eigenvalue weighted by molar-refractivity contribution is 0.0757. The van der Waals surface area contributed by atoms with Crippen molar-refractivity contribution < 1.29 is 14.6 Å². The summed E-state index contributed by atoms with van der Waals surface area (Å²) in [7, 11) is 3.20. The molecule has 1 N–H and O–H groups in total. The van der Waals surface area contributed by atoms with Gasteiger partial charge >= 0.3 is 0 Å². The molecule has 4 nitrogen and oxygen atoms in total. The molecule has 1 aliphatic rings. The molecule has 4 rings (SSSR count). The highest BCUT2D eigenvalue weighted by Gasteiger charge is 2.33. The monoisotopic (exact) mass is 379 g/mol. The van der Waals surface area contributed by atoms with Crippen molar-refractivity contribution in [1.82, 2.24) is 4.90 Å². The smallest absolute Gasteiger partial charge is 0.254 e. The van der Waals surface area contributed by atoms with Gasteiger partial charge in [0.05, 0.1) is 18.2 Å². The van der Waals surface area contributed by atoms with Gasteiger partial charge in [0.15, 0.2) is 11.5 Å². The fourth-order valence-corrected chi connectivity index (χ4v) is 3.93. The number of amides is 1. The molecule has 0 radical (unpaired) electrons. The van der Waals surface area contributed by atoms with E-state index in [4.69, 9.17) is 16.3 Å². The molecule has 3 aromatic carbocycles. The van der Waals surface area contributed by atoms with Crippen LogP contribution in [0.15, 0.2) is 60.7 Å². The van der Waals surface area contributed by atoms with E-state index in [2.05, 4.69) is 12.1 Å². The minimum Gasteiger partial charge on any atom is -0.503 e. The van der Waals surface area contributed by atoms with Crippen molar-refractivity contribution in [3.05, 3.63) is 82.4 Å². The minimum absolute atomic E-state index is 0.0818. The van der Waals surface area contributed by atoms with Crippen molar-refractivity contribution in [3.8, 4) is 22.6 Å². The number of carbonyl (C=O) groups is 1. The van der Waals surface area contributed by atoms with E-state index in [1.165, 1.54) is 19.2 Å². The summed E-state index contributed by atoms with van der Waals surface area (Å²) in [6, 6.07) is 19.0. The highest BCUT2D eigenvalue weighted by molar-refractivity contribution is 6.32. The average molecular weight is 380 g/mol. The number of aromatic hydroxyl groups is 1. The van der Waals surface area contributed by atoms with Crippen molar-refractivity contribution in [2.24, 2.45) is 0 Å². The largest absolute Gasteiger partial charge is 0.503 e. The van der Waals surface area contributed by atoms with Crippen molar-refractivity contribution in [1.29, 1.82) is 0 Å². The summed E-state index contributed by atoms with van der Waals surface area (Å²) in [5, 5.41) is 10.0. The fraction of sp³-hybridized carbons (Fsp3) is 0.136. The van der Waals surface area contributed by atoms with Crippen molar-refractivity contribution in [2.75, 3.05) is 14.2 Å². The van der Waals surface area contributed by atoms with Crippen LogP contribution in [0.25, 0.3) is 11.1 Å². The van der Waals surface area contributed by atoms with Crippen LogP contribution in [0.2, 0.25) is 5.02 Å². The summed E-state index contributed by atoms with van der Waals surface area (Å²) < 4.78 is 5.13. The van der Waals surface area contributed by atoms with Crippen molar-refractivity contribution >= 4 is 17.5 Å². The molecule has 0 spiro atoms. The molecule has 0 fully saturated rings. The number of phenols is 1. The molecule has 0 saturated heterocycles. The first-order chi connectivity index (χ1) is 13.0. The summed E-state index contributed by atoms with van der Waals surface area (Å²) in [4.78, 5) is 14.9. The molecule has 27 heavy (non-hydrogen) atoms. The Kier molecular flexibility index (Phi) is 4.28. The zero-order valence-electron chi connectivity index (χ0n) is 14.9. The summed E-state index contributed by atoms with van der Waals surface area (Å²) >= 11 is 6.07. The zero-order chi connectivity index (χ0) is 19.1. The van der Waals surface area contributed by atoms with E-state index in [0.717, 1.165) is 22.3 Å². The average Bonchev–Trinajstić information content (AvgIpc) is 3.03. The molecule has 0 saturated carbocycles. The highest BCUT2D eigenvalue weighted by atomic mass is 35.5. The molecule has 1 aliphatic carbocycles. The number of hydrogen-bond acceptors (Lipinski definition) is 3. The van der Waals surface area contributed by atoms with Gasteiger partial charge in [-0.25, -0.2) is 0 Å². The van der Waals surface area contributed by atoms with Crippen molar-refractivity contribution in [3.63, 3.8) is 0 Å². The lowest BCUT2D eigenvalue weighted by Gasteiger charge is -2.27. The minimum atomic E-state index is -0.202. The number of fused-ring (bicyclic) bond motifs is 3. The SMILES string of the molecule is COc1cc(C(=O)N(C)C2c3ccccc3-c3ccccc32)cc(Cl)c1O. The Bertz CT molecular complexity index is 1000. The highest BCUT2D eigenvalue weighted by Crippen LogP contribution is 2.46. The third-order valence-electron chi connectivity index (χ3n) is 5.00. The van der Waals surface area contributed by atoms with Crippen LogP contribution in [0.4, 0.5) is 0 Å². The molecule has 0 bridgehead atoms. The molecule has 0 atom stereocenters. The molecule has 0 heterocycles. The topological polar surface area (TPSA) is 49.8 Å². The standard InChI is InChI=1S/C22H18ClNO3/c1-24(22(26)13-11-18(23)21(25)19(12-13)27-2)20-16-9-5-3-7-14(16)15-8-4-6-10-17(15)20/h3-12,20,25H,1-2H3.